The third-order valence-electron chi connectivity index (χ3n) is 5.02. The molecule has 1 aliphatic carbocycles. The maximum absolute atomic E-state index is 14.6. The molecule has 0 saturated heterocycles. The molecule has 1 aromatic rings. The van der Waals surface area contributed by atoms with Gasteiger partial charge in [-0.05, 0) is 37.8 Å². The second-order valence-electron chi connectivity index (χ2n) is 5.87. The lowest BCUT2D eigenvalue weighted by atomic mass is 9.73. The number of methoxy groups -OCH3 is 2. The average molecular weight is 295 g/mol. The third-order valence-corrected chi connectivity index (χ3v) is 5.02. The minimum Gasteiger partial charge on any atom is -0.493 e. The molecule has 1 aromatic carbocycles. The summed E-state index contributed by atoms with van der Waals surface area (Å²) in [6.45, 7) is 2.20. The predicted molar refractivity (Wildman–Crippen MR) is 82.5 cm³/mol. The Bertz CT molecular complexity index is 484. The van der Waals surface area contributed by atoms with Crippen molar-refractivity contribution in [3.8, 4) is 11.5 Å². The highest BCUT2D eigenvalue weighted by Crippen LogP contribution is 2.51. The molecule has 1 saturated carbocycles. The van der Waals surface area contributed by atoms with Crippen LogP contribution in [0.5, 0.6) is 11.5 Å². The Morgan fingerprint density at radius 2 is 1.76 bits per heavy atom. The van der Waals surface area contributed by atoms with E-state index in [1.807, 2.05) is 7.05 Å². The fourth-order valence-electron chi connectivity index (χ4n) is 3.81. The van der Waals surface area contributed by atoms with Crippen molar-refractivity contribution >= 4 is 0 Å². The molecule has 3 nitrogen and oxygen atoms in total. The molecule has 0 bridgehead atoms. The van der Waals surface area contributed by atoms with Gasteiger partial charge in [-0.25, -0.2) is 4.39 Å². The fourth-order valence-corrected chi connectivity index (χ4v) is 3.81. The Hall–Kier alpha value is -1.29. The van der Waals surface area contributed by atoms with Crippen LogP contribution in [-0.4, -0.2) is 21.3 Å². The summed E-state index contributed by atoms with van der Waals surface area (Å²) in [5, 5.41) is 3.35. The van der Waals surface area contributed by atoms with Crippen LogP contribution in [0.15, 0.2) is 12.1 Å². The molecule has 2 rings (SSSR count). The van der Waals surface area contributed by atoms with Crippen LogP contribution in [0.25, 0.3) is 0 Å². The summed E-state index contributed by atoms with van der Waals surface area (Å²) in [6, 6.07) is 3.21. The lowest BCUT2D eigenvalue weighted by Crippen LogP contribution is -2.35. The highest BCUT2D eigenvalue weighted by molar-refractivity contribution is 5.45. The monoisotopic (exact) mass is 295 g/mol. The fraction of sp³-hybridized carbons (Fsp3) is 0.647. The summed E-state index contributed by atoms with van der Waals surface area (Å²) >= 11 is 0. The molecule has 1 aliphatic rings. The van der Waals surface area contributed by atoms with E-state index in [0.717, 1.165) is 19.3 Å². The molecular weight excluding hydrogens is 269 g/mol. The van der Waals surface area contributed by atoms with Gasteiger partial charge in [-0.3, -0.25) is 0 Å². The van der Waals surface area contributed by atoms with Crippen LogP contribution in [-0.2, 0) is 0 Å². The standard InChI is InChI=1S/C17H26FNO2/c1-5-17(8-6-7-9-17)16(19-2)12-10-14(20-3)15(21-4)11-13(12)18/h10-11,16,19H,5-9H2,1-4H3. The smallest absolute Gasteiger partial charge is 0.163 e. The zero-order valence-electron chi connectivity index (χ0n) is 13.5. The van der Waals surface area contributed by atoms with Gasteiger partial charge >= 0.3 is 0 Å². The van der Waals surface area contributed by atoms with Crippen molar-refractivity contribution in [2.24, 2.45) is 5.41 Å². The van der Waals surface area contributed by atoms with E-state index in [0.29, 0.717) is 17.1 Å². The van der Waals surface area contributed by atoms with Gasteiger partial charge < -0.3 is 14.8 Å². The molecule has 0 amide bonds. The van der Waals surface area contributed by atoms with E-state index in [9.17, 15) is 4.39 Å². The summed E-state index contributed by atoms with van der Waals surface area (Å²) in [4.78, 5) is 0. The van der Waals surface area contributed by atoms with Crippen LogP contribution in [0.3, 0.4) is 0 Å². The van der Waals surface area contributed by atoms with E-state index >= 15 is 0 Å². The van der Waals surface area contributed by atoms with Crippen molar-refractivity contribution in [3.63, 3.8) is 0 Å². The Morgan fingerprint density at radius 3 is 2.24 bits per heavy atom. The maximum Gasteiger partial charge on any atom is 0.163 e. The molecule has 1 fully saturated rings. The molecule has 21 heavy (non-hydrogen) atoms. The van der Waals surface area contributed by atoms with Gasteiger partial charge in [0.1, 0.15) is 5.82 Å². The van der Waals surface area contributed by atoms with Gasteiger partial charge in [0.15, 0.2) is 11.5 Å². The molecule has 1 atom stereocenters. The highest BCUT2D eigenvalue weighted by atomic mass is 19.1. The van der Waals surface area contributed by atoms with Gasteiger partial charge in [0.05, 0.1) is 14.2 Å². The normalized spacial score (nSPS) is 18.5. The predicted octanol–water partition coefficient (Wildman–Crippen LogP) is 4.07. The minimum absolute atomic E-state index is 0.00445. The number of hydrogen-bond donors (Lipinski definition) is 1. The second-order valence-corrected chi connectivity index (χ2v) is 5.87. The Balaban J connectivity index is 2.47. The van der Waals surface area contributed by atoms with Crippen molar-refractivity contribution in [1.82, 2.24) is 5.32 Å². The van der Waals surface area contributed by atoms with Gasteiger partial charge in [-0.15, -0.1) is 0 Å². The van der Waals surface area contributed by atoms with E-state index in [-0.39, 0.29) is 17.3 Å². The summed E-state index contributed by atoms with van der Waals surface area (Å²) in [6.07, 6.45) is 5.78. The number of benzene rings is 1. The number of halogens is 1. The van der Waals surface area contributed by atoms with E-state index < -0.39 is 0 Å². The number of rotatable bonds is 6. The topological polar surface area (TPSA) is 30.5 Å². The summed E-state index contributed by atoms with van der Waals surface area (Å²) in [5.74, 6) is 0.788. The summed E-state index contributed by atoms with van der Waals surface area (Å²) < 4.78 is 25.1. The molecule has 0 aliphatic heterocycles. The van der Waals surface area contributed by atoms with Crippen LogP contribution in [0.2, 0.25) is 0 Å². The Labute approximate surface area is 126 Å². The maximum atomic E-state index is 14.6. The minimum atomic E-state index is -0.230. The van der Waals surface area contributed by atoms with Crippen molar-refractivity contribution in [2.45, 2.75) is 45.1 Å². The van der Waals surface area contributed by atoms with Gasteiger partial charge in [0.2, 0.25) is 0 Å². The molecule has 0 radical (unpaired) electrons. The largest absolute Gasteiger partial charge is 0.493 e. The van der Waals surface area contributed by atoms with Gasteiger partial charge in [-0.1, -0.05) is 19.8 Å². The van der Waals surface area contributed by atoms with Gasteiger partial charge in [0, 0.05) is 17.7 Å². The number of ether oxygens (including phenoxy) is 2. The van der Waals surface area contributed by atoms with Crippen molar-refractivity contribution in [3.05, 3.63) is 23.5 Å². The molecular formula is C17H26FNO2. The van der Waals surface area contributed by atoms with Crippen LogP contribution >= 0.6 is 0 Å². The van der Waals surface area contributed by atoms with Crippen molar-refractivity contribution in [2.75, 3.05) is 21.3 Å². The molecule has 1 unspecified atom stereocenters. The molecule has 118 valence electrons. The zero-order valence-corrected chi connectivity index (χ0v) is 13.5. The van der Waals surface area contributed by atoms with E-state index in [1.54, 1.807) is 13.2 Å². The second kappa shape index (κ2) is 6.65. The van der Waals surface area contributed by atoms with Crippen LogP contribution in [0.4, 0.5) is 4.39 Å². The van der Waals surface area contributed by atoms with Crippen molar-refractivity contribution < 1.29 is 13.9 Å². The third kappa shape index (κ3) is 2.86. The van der Waals surface area contributed by atoms with Crippen LogP contribution in [0, 0.1) is 11.2 Å². The zero-order chi connectivity index (χ0) is 15.5. The van der Waals surface area contributed by atoms with E-state index in [1.165, 1.54) is 26.0 Å². The molecule has 0 heterocycles. The first kappa shape index (κ1) is 16.1. The SMILES string of the molecule is CCC1(C(NC)c2cc(OC)c(OC)cc2F)CCCC1. The van der Waals surface area contributed by atoms with Gasteiger partial charge in [-0.2, -0.15) is 0 Å². The van der Waals surface area contributed by atoms with Crippen LogP contribution < -0.4 is 14.8 Å². The number of nitrogens with one attached hydrogen (secondary N) is 1. The quantitative estimate of drug-likeness (QED) is 0.858. The molecule has 4 heteroatoms. The molecule has 1 N–H and O–H groups in total. The first-order valence-electron chi connectivity index (χ1n) is 7.70. The molecule has 0 aromatic heterocycles. The van der Waals surface area contributed by atoms with Crippen molar-refractivity contribution in [1.29, 1.82) is 0 Å². The van der Waals surface area contributed by atoms with Gasteiger partial charge in [0.25, 0.3) is 0 Å². The number of hydrogen-bond acceptors (Lipinski definition) is 3. The van der Waals surface area contributed by atoms with Crippen LogP contribution in [0.1, 0.15) is 50.6 Å². The Kier molecular flexibility index (Phi) is 5.09. The first-order chi connectivity index (χ1) is 10.1. The highest BCUT2D eigenvalue weighted by Gasteiger charge is 2.41. The van der Waals surface area contributed by atoms with E-state index in [4.69, 9.17) is 9.47 Å². The first-order valence-corrected chi connectivity index (χ1v) is 7.70. The summed E-state index contributed by atoms with van der Waals surface area (Å²) in [5.41, 5.74) is 0.814. The Morgan fingerprint density at radius 1 is 1.19 bits per heavy atom. The lowest BCUT2D eigenvalue weighted by molar-refractivity contribution is 0.191. The van der Waals surface area contributed by atoms with E-state index in [2.05, 4.69) is 12.2 Å². The average Bonchev–Trinajstić information content (AvgIpc) is 2.99. The summed E-state index contributed by atoms with van der Waals surface area (Å²) in [7, 11) is 5.02. The lowest BCUT2D eigenvalue weighted by Gasteiger charge is -2.37. The molecule has 0 spiro atoms.